The number of nitrogens with zero attached hydrogens (tertiary/aromatic N) is 2. The van der Waals surface area contributed by atoms with Crippen molar-refractivity contribution in [1.29, 1.82) is 0 Å². The van der Waals surface area contributed by atoms with Crippen LogP contribution in [0.5, 0.6) is 0 Å². The minimum atomic E-state index is -1.02. The van der Waals surface area contributed by atoms with E-state index in [0.29, 0.717) is 31.2 Å². The predicted molar refractivity (Wildman–Crippen MR) is 156 cm³/mol. The van der Waals surface area contributed by atoms with Gasteiger partial charge in [-0.05, 0) is 49.0 Å². The molecule has 0 saturated heterocycles. The number of amides is 3. The van der Waals surface area contributed by atoms with Crippen LogP contribution in [0.3, 0.4) is 0 Å². The average molecular weight is 558 g/mol. The van der Waals surface area contributed by atoms with Gasteiger partial charge in [0.05, 0.1) is 18.7 Å². The molecule has 0 bridgehead atoms. The third-order valence-electron chi connectivity index (χ3n) is 8.41. The number of rotatable bonds is 16. The van der Waals surface area contributed by atoms with Gasteiger partial charge in [0.15, 0.2) is 0 Å². The molecule has 0 heterocycles. The molecule has 0 aliphatic heterocycles. The maximum absolute atomic E-state index is 13.8. The van der Waals surface area contributed by atoms with Crippen molar-refractivity contribution in [3.05, 3.63) is 35.9 Å². The van der Waals surface area contributed by atoms with Gasteiger partial charge in [-0.1, -0.05) is 76.3 Å². The van der Waals surface area contributed by atoms with Crippen molar-refractivity contribution in [2.75, 3.05) is 20.1 Å². The summed E-state index contributed by atoms with van der Waals surface area (Å²) in [5.74, 6) is 0.380. The normalized spacial score (nSPS) is 18.1. The molecule has 224 valence electrons. The number of carbonyl (C=O) groups is 3. The lowest BCUT2D eigenvalue weighted by molar-refractivity contribution is -0.144. The molecular weight excluding hydrogens is 506 g/mol. The fourth-order valence-corrected chi connectivity index (χ4v) is 5.90. The third-order valence-corrected chi connectivity index (χ3v) is 8.41. The van der Waals surface area contributed by atoms with E-state index in [-0.39, 0.29) is 49.6 Å². The van der Waals surface area contributed by atoms with Gasteiger partial charge in [0.2, 0.25) is 17.7 Å². The van der Waals surface area contributed by atoms with Gasteiger partial charge in [0.25, 0.3) is 0 Å². The molecule has 3 amide bonds. The first-order valence-corrected chi connectivity index (χ1v) is 15.4. The second kappa shape index (κ2) is 16.1. The van der Waals surface area contributed by atoms with E-state index in [1.807, 2.05) is 44.2 Å². The monoisotopic (exact) mass is 557 g/mol. The van der Waals surface area contributed by atoms with Crippen molar-refractivity contribution in [2.24, 2.45) is 17.8 Å². The van der Waals surface area contributed by atoms with Gasteiger partial charge in [-0.15, -0.1) is 0 Å². The summed E-state index contributed by atoms with van der Waals surface area (Å²) in [6.07, 6.45) is 7.06. The fraction of sp³-hybridized carbons (Fsp3) is 0.719. The Kier molecular flexibility index (Phi) is 12.9. The molecular formula is C32H51N3O5. The zero-order chi connectivity index (χ0) is 29.1. The number of likely N-dealkylation sites (N-methyl/N-ethyl adjacent to an activating group) is 1. The highest BCUT2D eigenvalue weighted by Gasteiger charge is 2.38. The van der Waals surface area contributed by atoms with Crippen LogP contribution in [-0.4, -0.2) is 76.1 Å². The Morgan fingerprint density at radius 3 is 2.17 bits per heavy atom. The summed E-state index contributed by atoms with van der Waals surface area (Å²) >= 11 is 0. The standard InChI is InChI=1S/C32H51N3O5/c1-23(2)18-28(36)32(40)27(19-24-10-6-4-7-11-24)35(21-26-14-15-26)31(39)17-16-30(38)34(22-29(37)33-3)20-25-12-8-5-9-13-25/h5,8-9,12-13,23-24,26-28,32,36,40H,4,6-7,10-11,14-22H2,1-3H3,(H,33,37)/t27-,28-,32+/m0/s1. The van der Waals surface area contributed by atoms with E-state index in [0.717, 1.165) is 44.1 Å². The summed E-state index contributed by atoms with van der Waals surface area (Å²) in [6, 6.07) is 9.04. The van der Waals surface area contributed by atoms with E-state index in [1.54, 1.807) is 4.90 Å². The molecule has 8 nitrogen and oxygen atoms in total. The fourth-order valence-electron chi connectivity index (χ4n) is 5.90. The Labute approximate surface area is 240 Å². The molecule has 0 spiro atoms. The highest BCUT2D eigenvalue weighted by atomic mass is 16.3. The van der Waals surface area contributed by atoms with Crippen LogP contribution in [0.4, 0.5) is 0 Å². The predicted octanol–water partition coefficient (Wildman–Crippen LogP) is 3.89. The second-order valence-electron chi connectivity index (χ2n) is 12.4. The van der Waals surface area contributed by atoms with Gasteiger partial charge >= 0.3 is 0 Å². The van der Waals surface area contributed by atoms with Gasteiger partial charge in [-0.3, -0.25) is 14.4 Å². The van der Waals surface area contributed by atoms with Gasteiger partial charge in [-0.25, -0.2) is 0 Å². The number of carbonyl (C=O) groups excluding carboxylic acids is 3. The summed E-state index contributed by atoms with van der Waals surface area (Å²) < 4.78 is 0. The van der Waals surface area contributed by atoms with Gasteiger partial charge < -0.3 is 25.3 Å². The van der Waals surface area contributed by atoms with Crippen molar-refractivity contribution in [3.63, 3.8) is 0 Å². The van der Waals surface area contributed by atoms with Gasteiger partial charge in [0.1, 0.15) is 6.10 Å². The van der Waals surface area contributed by atoms with E-state index < -0.39 is 18.2 Å². The molecule has 1 aromatic rings. The molecule has 3 N–H and O–H groups in total. The first-order chi connectivity index (χ1) is 19.2. The molecule has 2 saturated carbocycles. The number of hydrogen-bond acceptors (Lipinski definition) is 5. The largest absolute Gasteiger partial charge is 0.390 e. The lowest BCUT2D eigenvalue weighted by Crippen LogP contribution is -2.53. The summed E-state index contributed by atoms with van der Waals surface area (Å²) in [5.41, 5.74) is 0.913. The van der Waals surface area contributed by atoms with Crippen LogP contribution in [0.15, 0.2) is 30.3 Å². The molecule has 3 rings (SSSR count). The molecule has 0 radical (unpaired) electrons. The first-order valence-electron chi connectivity index (χ1n) is 15.4. The summed E-state index contributed by atoms with van der Waals surface area (Å²) in [5, 5.41) is 24.9. The quantitative estimate of drug-likeness (QED) is 0.286. The molecule has 1 aromatic carbocycles. The van der Waals surface area contributed by atoms with Crippen molar-refractivity contribution in [2.45, 2.75) is 109 Å². The number of nitrogens with one attached hydrogen (secondary N) is 1. The zero-order valence-electron chi connectivity index (χ0n) is 24.8. The minimum absolute atomic E-state index is 0.00931. The van der Waals surface area contributed by atoms with E-state index in [2.05, 4.69) is 5.32 Å². The van der Waals surface area contributed by atoms with Crippen molar-refractivity contribution < 1.29 is 24.6 Å². The Balaban J connectivity index is 1.74. The molecule has 0 aromatic heterocycles. The maximum Gasteiger partial charge on any atom is 0.239 e. The topological polar surface area (TPSA) is 110 Å². The molecule has 2 aliphatic carbocycles. The summed E-state index contributed by atoms with van der Waals surface area (Å²) in [4.78, 5) is 42.5. The van der Waals surface area contributed by atoms with Crippen molar-refractivity contribution in [3.8, 4) is 0 Å². The van der Waals surface area contributed by atoms with Crippen LogP contribution < -0.4 is 5.32 Å². The van der Waals surface area contributed by atoms with Gasteiger partial charge in [-0.2, -0.15) is 0 Å². The lowest BCUT2D eigenvalue weighted by atomic mass is 9.81. The molecule has 0 unspecified atom stereocenters. The van der Waals surface area contributed by atoms with Crippen LogP contribution in [0.2, 0.25) is 0 Å². The molecule has 3 atom stereocenters. The molecule has 2 fully saturated rings. The zero-order valence-corrected chi connectivity index (χ0v) is 24.8. The SMILES string of the molecule is CNC(=O)CN(Cc1ccccc1)C(=O)CCC(=O)N(CC1CC1)[C@@H](CC1CCCCC1)[C@@H](O)[C@@H](O)CC(C)C. The number of aliphatic hydroxyl groups excluding tert-OH is 2. The van der Waals surface area contributed by atoms with Crippen molar-refractivity contribution >= 4 is 17.7 Å². The van der Waals surface area contributed by atoms with Crippen LogP contribution in [0, 0.1) is 17.8 Å². The summed E-state index contributed by atoms with van der Waals surface area (Å²) in [6.45, 7) is 4.81. The van der Waals surface area contributed by atoms with Crippen LogP contribution in [-0.2, 0) is 20.9 Å². The minimum Gasteiger partial charge on any atom is -0.390 e. The average Bonchev–Trinajstić information content (AvgIpc) is 3.77. The Hall–Kier alpha value is -2.45. The third kappa shape index (κ3) is 10.5. The maximum atomic E-state index is 13.8. The lowest BCUT2D eigenvalue weighted by Gasteiger charge is -2.40. The number of aliphatic hydroxyl groups is 2. The van der Waals surface area contributed by atoms with E-state index in [9.17, 15) is 24.6 Å². The van der Waals surface area contributed by atoms with Gasteiger partial charge in [0, 0.05) is 33.0 Å². The summed E-state index contributed by atoms with van der Waals surface area (Å²) in [7, 11) is 1.54. The molecule has 2 aliphatic rings. The Bertz CT molecular complexity index is 930. The number of benzene rings is 1. The highest BCUT2D eigenvalue weighted by Crippen LogP contribution is 2.35. The highest BCUT2D eigenvalue weighted by molar-refractivity contribution is 5.87. The smallest absolute Gasteiger partial charge is 0.239 e. The first kappa shape index (κ1) is 32.1. The second-order valence-corrected chi connectivity index (χ2v) is 12.4. The van der Waals surface area contributed by atoms with E-state index in [1.165, 1.54) is 18.4 Å². The molecule has 40 heavy (non-hydrogen) atoms. The van der Waals surface area contributed by atoms with Crippen LogP contribution >= 0.6 is 0 Å². The Morgan fingerprint density at radius 2 is 1.57 bits per heavy atom. The number of hydrogen-bond donors (Lipinski definition) is 3. The Morgan fingerprint density at radius 1 is 0.925 bits per heavy atom. The van der Waals surface area contributed by atoms with Crippen molar-refractivity contribution in [1.82, 2.24) is 15.1 Å². The van der Waals surface area contributed by atoms with Crippen LogP contribution in [0.25, 0.3) is 0 Å². The van der Waals surface area contributed by atoms with E-state index in [4.69, 9.17) is 0 Å². The molecule has 8 heteroatoms. The van der Waals surface area contributed by atoms with Crippen LogP contribution in [0.1, 0.15) is 90.0 Å². The van der Waals surface area contributed by atoms with E-state index >= 15 is 0 Å².